The Hall–Kier alpha value is -1.68. The zero-order valence-electron chi connectivity index (χ0n) is 8.39. The highest BCUT2D eigenvalue weighted by molar-refractivity contribution is 5.27. The molecule has 0 aliphatic carbocycles. The normalized spacial score (nSPS) is 12.7. The summed E-state index contributed by atoms with van der Waals surface area (Å²) in [6.45, 7) is 0. The number of imidazole rings is 1. The summed E-state index contributed by atoms with van der Waals surface area (Å²) in [6.07, 6.45) is 3.30. The minimum Gasteiger partial charge on any atom is -0.336 e. The monoisotopic (exact) mass is 205 g/mol. The molecule has 1 aromatic carbocycles. The van der Waals surface area contributed by atoms with E-state index in [2.05, 4.69) is 4.98 Å². The Morgan fingerprint density at radius 3 is 2.73 bits per heavy atom. The van der Waals surface area contributed by atoms with E-state index in [4.69, 9.17) is 5.73 Å². The van der Waals surface area contributed by atoms with Crippen molar-refractivity contribution >= 4 is 0 Å². The van der Waals surface area contributed by atoms with Crippen molar-refractivity contribution in [3.8, 4) is 0 Å². The molecule has 2 aromatic rings. The van der Waals surface area contributed by atoms with Gasteiger partial charge in [-0.3, -0.25) is 0 Å². The van der Waals surface area contributed by atoms with Crippen molar-refractivity contribution in [1.29, 1.82) is 0 Å². The maximum atomic E-state index is 13.5. The van der Waals surface area contributed by atoms with Gasteiger partial charge >= 0.3 is 0 Å². The fraction of sp³-hybridized carbons (Fsp3) is 0.182. The third-order valence-corrected chi connectivity index (χ3v) is 2.41. The zero-order chi connectivity index (χ0) is 10.8. The van der Waals surface area contributed by atoms with E-state index in [0.717, 1.165) is 5.69 Å². The summed E-state index contributed by atoms with van der Waals surface area (Å²) in [5, 5.41) is 0. The minimum absolute atomic E-state index is 0.286. The largest absolute Gasteiger partial charge is 0.336 e. The number of halogens is 1. The number of aromatic nitrogens is 2. The van der Waals surface area contributed by atoms with Crippen LogP contribution in [-0.2, 0) is 7.05 Å². The summed E-state index contributed by atoms with van der Waals surface area (Å²) in [6, 6.07) is 6.04. The number of benzene rings is 1. The summed E-state index contributed by atoms with van der Waals surface area (Å²) >= 11 is 0. The van der Waals surface area contributed by atoms with Crippen LogP contribution in [0.25, 0.3) is 0 Å². The van der Waals surface area contributed by atoms with E-state index in [1.807, 2.05) is 7.05 Å². The molecule has 0 amide bonds. The van der Waals surface area contributed by atoms with Crippen LogP contribution >= 0.6 is 0 Å². The van der Waals surface area contributed by atoms with Crippen molar-refractivity contribution in [3.63, 3.8) is 0 Å². The van der Waals surface area contributed by atoms with Crippen molar-refractivity contribution in [1.82, 2.24) is 9.55 Å². The van der Waals surface area contributed by atoms with Crippen molar-refractivity contribution in [2.45, 2.75) is 6.04 Å². The van der Waals surface area contributed by atoms with E-state index in [1.165, 1.54) is 6.07 Å². The van der Waals surface area contributed by atoms with Gasteiger partial charge < -0.3 is 10.3 Å². The lowest BCUT2D eigenvalue weighted by atomic mass is 10.0. The van der Waals surface area contributed by atoms with Crippen LogP contribution in [0, 0.1) is 5.82 Å². The molecular formula is C11H12FN3. The SMILES string of the molecule is Cn1cncc1C(N)c1ccccc1F. The van der Waals surface area contributed by atoms with Gasteiger partial charge in [0.05, 0.1) is 24.3 Å². The standard InChI is InChI=1S/C11H12FN3/c1-15-7-14-6-10(15)11(13)8-4-2-3-5-9(8)12/h2-7,11H,13H2,1H3. The first-order valence-electron chi connectivity index (χ1n) is 4.66. The second-order valence-electron chi connectivity index (χ2n) is 3.43. The second-order valence-corrected chi connectivity index (χ2v) is 3.43. The lowest BCUT2D eigenvalue weighted by molar-refractivity contribution is 0.593. The van der Waals surface area contributed by atoms with Gasteiger partial charge in [-0.25, -0.2) is 9.37 Å². The van der Waals surface area contributed by atoms with E-state index >= 15 is 0 Å². The van der Waals surface area contributed by atoms with Gasteiger partial charge in [0, 0.05) is 12.6 Å². The fourth-order valence-electron chi connectivity index (χ4n) is 1.55. The van der Waals surface area contributed by atoms with Gasteiger partial charge in [0.15, 0.2) is 0 Å². The second kappa shape index (κ2) is 3.82. The molecule has 0 aliphatic rings. The fourth-order valence-corrected chi connectivity index (χ4v) is 1.55. The topological polar surface area (TPSA) is 43.8 Å². The molecule has 1 aromatic heterocycles. The minimum atomic E-state index is -0.473. The highest BCUT2D eigenvalue weighted by Crippen LogP contribution is 2.20. The van der Waals surface area contributed by atoms with Crippen LogP contribution in [0.4, 0.5) is 4.39 Å². The molecule has 1 atom stereocenters. The van der Waals surface area contributed by atoms with Crippen LogP contribution in [0.5, 0.6) is 0 Å². The molecule has 0 bridgehead atoms. The van der Waals surface area contributed by atoms with Gasteiger partial charge in [0.1, 0.15) is 5.82 Å². The summed E-state index contributed by atoms with van der Waals surface area (Å²) in [7, 11) is 1.84. The molecule has 0 fully saturated rings. The van der Waals surface area contributed by atoms with Crippen LogP contribution in [0.15, 0.2) is 36.8 Å². The summed E-state index contributed by atoms with van der Waals surface area (Å²) in [5.41, 5.74) is 7.24. The first kappa shape index (κ1) is 9.86. The Kier molecular flexibility index (Phi) is 2.51. The molecule has 78 valence electrons. The predicted molar refractivity (Wildman–Crippen MR) is 55.6 cm³/mol. The predicted octanol–water partition coefficient (Wildman–Crippen LogP) is 1.61. The quantitative estimate of drug-likeness (QED) is 0.809. The molecule has 3 nitrogen and oxygen atoms in total. The van der Waals surface area contributed by atoms with Crippen LogP contribution in [-0.4, -0.2) is 9.55 Å². The number of hydrogen-bond donors (Lipinski definition) is 1. The lowest BCUT2D eigenvalue weighted by Crippen LogP contribution is -2.16. The molecule has 0 spiro atoms. The van der Waals surface area contributed by atoms with Crippen molar-refractivity contribution < 1.29 is 4.39 Å². The Balaban J connectivity index is 2.41. The highest BCUT2D eigenvalue weighted by atomic mass is 19.1. The highest BCUT2D eigenvalue weighted by Gasteiger charge is 2.15. The van der Waals surface area contributed by atoms with Gasteiger partial charge in [-0.15, -0.1) is 0 Å². The van der Waals surface area contributed by atoms with Gasteiger partial charge in [0.2, 0.25) is 0 Å². The molecule has 2 rings (SSSR count). The third-order valence-electron chi connectivity index (χ3n) is 2.41. The Labute approximate surface area is 87.4 Å². The number of rotatable bonds is 2. The maximum absolute atomic E-state index is 13.5. The molecule has 4 heteroatoms. The Morgan fingerprint density at radius 1 is 1.40 bits per heavy atom. The number of aryl methyl sites for hydroxylation is 1. The van der Waals surface area contributed by atoms with Crippen LogP contribution in [0.3, 0.4) is 0 Å². The Morgan fingerprint density at radius 2 is 2.13 bits per heavy atom. The van der Waals surface area contributed by atoms with Crippen LogP contribution in [0.1, 0.15) is 17.3 Å². The maximum Gasteiger partial charge on any atom is 0.128 e. The van der Waals surface area contributed by atoms with E-state index < -0.39 is 6.04 Å². The lowest BCUT2D eigenvalue weighted by Gasteiger charge is -2.13. The van der Waals surface area contributed by atoms with Gasteiger partial charge in [-0.2, -0.15) is 0 Å². The number of nitrogens with zero attached hydrogens (tertiary/aromatic N) is 2. The number of hydrogen-bond acceptors (Lipinski definition) is 2. The van der Waals surface area contributed by atoms with E-state index in [0.29, 0.717) is 5.56 Å². The molecule has 2 N–H and O–H groups in total. The van der Waals surface area contributed by atoms with Crippen molar-refractivity contribution in [3.05, 3.63) is 53.9 Å². The first-order chi connectivity index (χ1) is 7.20. The van der Waals surface area contributed by atoms with E-state index in [1.54, 1.807) is 35.3 Å². The molecule has 0 radical (unpaired) electrons. The average molecular weight is 205 g/mol. The zero-order valence-corrected chi connectivity index (χ0v) is 8.39. The summed E-state index contributed by atoms with van der Waals surface area (Å²) in [4.78, 5) is 3.96. The third kappa shape index (κ3) is 1.76. The summed E-state index contributed by atoms with van der Waals surface area (Å²) in [5.74, 6) is -0.286. The van der Waals surface area contributed by atoms with Gasteiger partial charge in [-0.1, -0.05) is 18.2 Å². The molecule has 0 aliphatic heterocycles. The van der Waals surface area contributed by atoms with E-state index in [-0.39, 0.29) is 5.82 Å². The van der Waals surface area contributed by atoms with E-state index in [9.17, 15) is 4.39 Å². The van der Waals surface area contributed by atoms with Crippen molar-refractivity contribution in [2.75, 3.05) is 0 Å². The molecule has 15 heavy (non-hydrogen) atoms. The molecule has 1 heterocycles. The molecule has 0 saturated carbocycles. The molecule has 1 unspecified atom stereocenters. The van der Waals surface area contributed by atoms with Crippen molar-refractivity contribution in [2.24, 2.45) is 12.8 Å². The smallest absolute Gasteiger partial charge is 0.128 e. The molecular weight excluding hydrogens is 193 g/mol. The van der Waals surface area contributed by atoms with Gasteiger partial charge in [-0.05, 0) is 6.07 Å². The summed E-state index contributed by atoms with van der Waals surface area (Å²) < 4.78 is 15.2. The first-order valence-corrected chi connectivity index (χ1v) is 4.66. The Bertz CT molecular complexity index is 464. The van der Waals surface area contributed by atoms with Crippen LogP contribution < -0.4 is 5.73 Å². The number of nitrogens with two attached hydrogens (primary N) is 1. The molecule has 0 saturated heterocycles. The van der Waals surface area contributed by atoms with Gasteiger partial charge in [0.25, 0.3) is 0 Å². The average Bonchev–Trinajstić information content (AvgIpc) is 2.64. The van der Waals surface area contributed by atoms with Crippen LogP contribution in [0.2, 0.25) is 0 Å².